The van der Waals surface area contributed by atoms with E-state index in [4.69, 9.17) is 44.3 Å². The highest BCUT2D eigenvalue weighted by atomic mass is 35.6. The first kappa shape index (κ1) is 20.5. The average molecular weight is 399 g/mol. The van der Waals surface area contributed by atoms with Crippen LogP contribution in [-0.4, -0.2) is 26.8 Å². The quantitative estimate of drug-likeness (QED) is 0.312. The van der Waals surface area contributed by atoms with Crippen LogP contribution >= 0.6 is 34.8 Å². The second-order valence-corrected chi connectivity index (χ2v) is 7.19. The molecular weight excluding hydrogens is 385 g/mol. The number of benzene rings is 1. The molecule has 0 aliphatic heterocycles. The number of nitro groups is 1. The van der Waals surface area contributed by atoms with E-state index in [-0.39, 0.29) is 12.1 Å². The van der Waals surface area contributed by atoms with E-state index in [2.05, 4.69) is 0 Å². The zero-order valence-electron chi connectivity index (χ0n) is 12.7. The number of halogens is 3. The molecule has 0 fully saturated rings. The molecule has 0 N–H and O–H groups in total. The number of nitrogens with zero attached hydrogens (tertiary/aromatic N) is 1. The Hall–Kier alpha value is -1.57. The van der Waals surface area contributed by atoms with Gasteiger partial charge in [-0.05, 0) is 17.7 Å². The Morgan fingerprint density at radius 2 is 1.62 bits per heavy atom. The molecule has 1 aromatic carbocycles. The Morgan fingerprint density at radius 1 is 1.12 bits per heavy atom. The minimum atomic E-state index is -1.94. The Labute approximate surface area is 152 Å². The molecule has 0 aromatic heterocycles. The highest BCUT2D eigenvalue weighted by molar-refractivity contribution is 6.68. The fourth-order valence-electron chi connectivity index (χ4n) is 1.91. The van der Waals surface area contributed by atoms with Crippen LogP contribution in [0.3, 0.4) is 0 Å². The number of esters is 2. The van der Waals surface area contributed by atoms with E-state index in [0.29, 0.717) is 5.56 Å². The topological polar surface area (TPSA) is 95.7 Å². The van der Waals surface area contributed by atoms with Gasteiger partial charge in [0.1, 0.15) is 6.10 Å². The average Bonchev–Trinajstić information content (AvgIpc) is 2.44. The second-order valence-electron chi connectivity index (χ2n) is 4.82. The summed E-state index contributed by atoms with van der Waals surface area (Å²) in [4.78, 5) is 32.6. The van der Waals surface area contributed by atoms with Crippen molar-refractivity contribution >= 4 is 52.4 Å². The first-order valence-corrected chi connectivity index (χ1v) is 7.79. The van der Waals surface area contributed by atoms with Crippen LogP contribution in [-0.2, 0) is 19.1 Å². The van der Waals surface area contributed by atoms with E-state index >= 15 is 0 Å². The minimum absolute atomic E-state index is 0.127. The maximum absolute atomic E-state index is 11.3. The third-order valence-electron chi connectivity index (χ3n) is 2.89. The molecule has 2 atom stereocenters. The molecule has 0 aliphatic rings. The smallest absolute Gasteiger partial charge is 0.303 e. The van der Waals surface area contributed by atoms with Gasteiger partial charge in [0.05, 0.1) is 4.92 Å². The number of hydrogen-bond donors (Lipinski definition) is 0. The molecule has 0 saturated carbocycles. The molecule has 2 unspecified atom stereocenters. The molecule has 24 heavy (non-hydrogen) atoms. The lowest BCUT2D eigenvalue weighted by molar-refractivity contribution is -0.384. The molecule has 132 valence electrons. The van der Waals surface area contributed by atoms with Gasteiger partial charge in [-0.15, -0.1) is 0 Å². The molecule has 0 saturated heterocycles. The van der Waals surface area contributed by atoms with E-state index < -0.39 is 32.9 Å². The largest absolute Gasteiger partial charge is 0.458 e. The number of carbonyl (C=O) groups is 2. The van der Waals surface area contributed by atoms with Crippen molar-refractivity contribution in [3.63, 3.8) is 0 Å². The van der Waals surface area contributed by atoms with Crippen molar-refractivity contribution in [2.24, 2.45) is 0 Å². The molecule has 0 radical (unpaired) electrons. The summed E-state index contributed by atoms with van der Waals surface area (Å²) in [5.74, 6) is -1.28. The molecule has 0 heterocycles. The summed E-state index contributed by atoms with van der Waals surface area (Å²) in [6.07, 6.45) is -2.23. The van der Waals surface area contributed by atoms with Gasteiger partial charge in [0.25, 0.3) is 5.69 Å². The lowest BCUT2D eigenvalue weighted by atomic mass is 10.0. The number of non-ortho nitro benzene ring substituents is 1. The SMILES string of the molecule is CC(=O)OC(CC(OC(C)=O)C(Cl)(Cl)Cl)c1ccc([N+](=O)[O-])cc1. The number of rotatable bonds is 6. The number of alkyl halides is 3. The highest BCUT2D eigenvalue weighted by Gasteiger charge is 2.38. The molecule has 0 aliphatic carbocycles. The van der Waals surface area contributed by atoms with Crippen LogP contribution in [0.15, 0.2) is 24.3 Å². The number of hydrogen-bond acceptors (Lipinski definition) is 6. The summed E-state index contributed by atoms with van der Waals surface area (Å²) in [5.41, 5.74) is 0.306. The summed E-state index contributed by atoms with van der Waals surface area (Å²) < 4.78 is 8.20. The van der Waals surface area contributed by atoms with Crippen LogP contribution in [0.2, 0.25) is 0 Å². The first-order valence-electron chi connectivity index (χ1n) is 6.66. The zero-order chi connectivity index (χ0) is 18.5. The van der Waals surface area contributed by atoms with Crippen molar-refractivity contribution in [2.75, 3.05) is 0 Å². The first-order chi connectivity index (χ1) is 11.0. The monoisotopic (exact) mass is 397 g/mol. The lowest BCUT2D eigenvalue weighted by Gasteiger charge is -2.28. The number of carbonyl (C=O) groups excluding carboxylic acids is 2. The molecule has 10 heteroatoms. The molecule has 0 amide bonds. The van der Waals surface area contributed by atoms with Crippen LogP contribution in [0.5, 0.6) is 0 Å². The van der Waals surface area contributed by atoms with Crippen LogP contribution in [0.4, 0.5) is 5.69 Å². The standard InChI is InChI=1S/C14H14Cl3NO6/c1-8(19)23-12(7-13(14(15,16)17)24-9(2)20)10-3-5-11(6-4-10)18(21)22/h3-6,12-13H,7H2,1-2H3. The van der Waals surface area contributed by atoms with Crippen molar-refractivity contribution in [2.45, 2.75) is 36.3 Å². The molecule has 0 bridgehead atoms. The second kappa shape index (κ2) is 8.50. The van der Waals surface area contributed by atoms with Gasteiger partial charge in [0, 0.05) is 32.4 Å². The fraction of sp³-hybridized carbons (Fsp3) is 0.429. The van der Waals surface area contributed by atoms with Gasteiger partial charge in [0.15, 0.2) is 6.10 Å². The molecule has 1 aromatic rings. The molecule has 0 spiro atoms. The van der Waals surface area contributed by atoms with E-state index in [1.165, 1.54) is 31.2 Å². The van der Waals surface area contributed by atoms with Crippen molar-refractivity contribution in [3.05, 3.63) is 39.9 Å². The molecule has 7 nitrogen and oxygen atoms in total. The van der Waals surface area contributed by atoms with Gasteiger partial charge in [0.2, 0.25) is 3.79 Å². The van der Waals surface area contributed by atoms with E-state index in [0.717, 1.165) is 6.92 Å². The predicted octanol–water partition coefficient (Wildman–Crippen LogP) is 3.89. The van der Waals surface area contributed by atoms with Gasteiger partial charge < -0.3 is 9.47 Å². The normalized spacial score (nSPS) is 13.7. The summed E-state index contributed by atoms with van der Waals surface area (Å²) in [6.45, 7) is 2.34. The summed E-state index contributed by atoms with van der Waals surface area (Å²) >= 11 is 17.4. The van der Waals surface area contributed by atoms with Crippen molar-refractivity contribution in [1.82, 2.24) is 0 Å². The Kier molecular flexibility index (Phi) is 7.26. The van der Waals surface area contributed by atoms with E-state index in [1.807, 2.05) is 0 Å². The predicted molar refractivity (Wildman–Crippen MR) is 88.1 cm³/mol. The summed E-state index contributed by atoms with van der Waals surface area (Å²) in [6, 6.07) is 5.33. The highest BCUT2D eigenvalue weighted by Crippen LogP contribution is 2.38. The maximum Gasteiger partial charge on any atom is 0.303 e. The van der Waals surface area contributed by atoms with Gasteiger partial charge in [-0.3, -0.25) is 19.7 Å². The van der Waals surface area contributed by atoms with Gasteiger partial charge in [-0.1, -0.05) is 34.8 Å². The van der Waals surface area contributed by atoms with Crippen molar-refractivity contribution in [3.8, 4) is 0 Å². The fourth-order valence-corrected chi connectivity index (χ4v) is 2.31. The Balaban J connectivity index is 3.08. The van der Waals surface area contributed by atoms with Crippen molar-refractivity contribution in [1.29, 1.82) is 0 Å². The molecule has 1 rings (SSSR count). The van der Waals surface area contributed by atoms with Crippen molar-refractivity contribution < 1.29 is 24.0 Å². The van der Waals surface area contributed by atoms with Gasteiger partial charge >= 0.3 is 11.9 Å². The van der Waals surface area contributed by atoms with Crippen LogP contribution in [0.1, 0.15) is 31.9 Å². The summed E-state index contributed by atoms with van der Waals surface area (Å²) in [7, 11) is 0. The van der Waals surface area contributed by atoms with E-state index in [9.17, 15) is 19.7 Å². The maximum atomic E-state index is 11.3. The summed E-state index contributed by atoms with van der Waals surface area (Å²) in [5, 5.41) is 10.7. The molecular formula is C14H14Cl3NO6. The van der Waals surface area contributed by atoms with Gasteiger partial charge in [-0.2, -0.15) is 0 Å². The zero-order valence-corrected chi connectivity index (χ0v) is 15.0. The van der Waals surface area contributed by atoms with E-state index in [1.54, 1.807) is 0 Å². The third kappa shape index (κ3) is 6.51. The number of nitro benzene ring substituents is 1. The Morgan fingerprint density at radius 3 is 2.00 bits per heavy atom. The number of ether oxygens (including phenoxy) is 2. The third-order valence-corrected chi connectivity index (χ3v) is 3.62. The van der Waals surface area contributed by atoms with Crippen LogP contribution < -0.4 is 0 Å². The minimum Gasteiger partial charge on any atom is -0.458 e. The van der Waals surface area contributed by atoms with Gasteiger partial charge in [-0.25, -0.2) is 0 Å². The van der Waals surface area contributed by atoms with Crippen LogP contribution in [0, 0.1) is 10.1 Å². The lowest BCUT2D eigenvalue weighted by Crippen LogP contribution is -2.33. The van der Waals surface area contributed by atoms with Crippen LogP contribution in [0.25, 0.3) is 0 Å². The Bertz CT molecular complexity index is 614.